The van der Waals surface area contributed by atoms with Crippen molar-refractivity contribution in [3.05, 3.63) is 34.5 Å². The highest BCUT2D eigenvalue weighted by molar-refractivity contribution is 7.19. The predicted octanol–water partition coefficient (Wildman–Crippen LogP) is 3.69. The molecule has 1 N–H and O–H groups in total. The zero-order chi connectivity index (χ0) is 13.0. The number of hydrogen-bond acceptors (Lipinski definition) is 3. The average molecular weight is 267 g/mol. The van der Waals surface area contributed by atoms with E-state index in [4.69, 9.17) is 4.74 Å². The molecule has 2 nitrogen and oxygen atoms in total. The Kier molecular flexibility index (Phi) is 4.69. The summed E-state index contributed by atoms with van der Waals surface area (Å²) in [6.45, 7) is 4.03. The fourth-order valence-corrected chi connectivity index (χ4v) is 3.23. The molecule has 0 unspecified atom stereocenters. The largest absolute Gasteiger partial charge is 0.377 e. The molecule has 0 radical (unpaired) electrons. The topological polar surface area (TPSA) is 21.3 Å². The molecule has 0 saturated heterocycles. The van der Waals surface area contributed by atoms with Crippen LogP contribution >= 0.6 is 11.3 Å². The Balaban J connectivity index is 2.40. The highest BCUT2D eigenvalue weighted by atomic mass is 32.1. The Morgan fingerprint density at radius 3 is 2.94 bits per heavy atom. The van der Waals surface area contributed by atoms with E-state index in [1.165, 1.54) is 6.07 Å². The summed E-state index contributed by atoms with van der Waals surface area (Å²) in [5.74, 6) is -0.152. The number of fused-ring (bicyclic) bond motifs is 1. The van der Waals surface area contributed by atoms with Crippen molar-refractivity contribution in [3.63, 3.8) is 0 Å². The van der Waals surface area contributed by atoms with E-state index in [-0.39, 0.29) is 5.82 Å². The summed E-state index contributed by atoms with van der Waals surface area (Å²) >= 11 is 1.64. The van der Waals surface area contributed by atoms with Gasteiger partial charge in [-0.2, -0.15) is 0 Å². The minimum atomic E-state index is -0.152. The van der Waals surface area contributed by atoms with Gasteiger partial charge in [-0.15, -0.1) is 11.3 Å². The molecule has 0 amide bonds. The summed E-state index contributed by atoms with van der Waals surface area (Å²) in [5.41, 5.74) is 0.996. The maximum absolute atomic E-state index is 13.9. The van der Waals surface area contributed by atoms with Crippen LogP contribution in [0.2, 0.25) is 0 Å². The van der Waals surface area contributed by atoms with Gasteiger partial charge in [-0.05, 0) is 25.6 Å². The third kappa shape index (κ3) is 2.71. The van der Waals surface area contributed by atoms with E-state index in [1.54, 1.807) is 17.4 Å². The third-order valence-corrected chi connectivity index (χ3v) is 3.98. The van der Waals surface area contributed by atoms with Crippen molar-refractivity contribution < 1.29 is 9.13 Å². The van der Waals surface area contributed by atoms with Crippen molar-refractivity contribution in [1.29, 1.82) is 0 Å². The van der Waals surface area contributed by atoms with Crippen LogP contribution in [0.4, 0.5) is 4.39 Å². The monoisotopic (exact) mass is 267 g/mol. The molecule has 2 rings (SSSR count). The van der Waals surface area contributed by atoms with Gasteiger partial charge in [0.2, 0.25) is 0 Å². The molecule has 0 aliphatic rings. The van der Waals surface area contributed by atoms with Gasteiger partial charge >= 0.3 is 0 Å². The Hall–Kier alpha value is -0.970. The SMILES string of the molecule is CCCOCc1c(CNC)sc2cccc(F)c12. The first-order chi connectivity index (χ1) is 8.77. The number of nitrogens with one attached hydrogen (secondary N) is 1. The van der Waals surface area contributed by atoms with E-state index in [0.29, 0.717) is 13.2 Å². The first-order valence-corrected chi connectivity index (χ1v) is 7.00. The van der Waals surface area contributed by atoms with Gasteiger partial charge in [0.1, 0.15) is 5.82 Å². The number of rotatable bonds is 6. The van der Waals surface area contributed by atoms with Gasteiger partial charge in [0.05, 0.1) is 6.61 Å². The number of halogens is 1. The molecule has 0 aliphatic heterocycles. The maximum atomic E-state index is 13.9. The molecule has 0 atom stereocenters. The van der Waals surface area contributed by atoms with Crippen molar-refractivity contribution in [1.82, 2.24) is 5.32 Å². The maximum Gasteiger partial charge on any atom is 0.132 e. The molecular weight excluding hydrogens is 249 g/mol. The van der Waals surface area contributed by atoms with Crippen LogP contribution < -0.4 is 5.32 Å². The van der Waals surface area contributed by atoms with E-state index in [1.807, 2.05) is 13.1 Å². The van der Waals surface area contributed by atoms with Crippen LogP contribution in [-0.2, 0) is 17.9 Å². The summed E-state index contributed by atoms with van der Waals surface area (Å²) in [5, 5.41) is 3.85. The fraction of sp³-hybridized carbons (Fsp3) is 0.429. The predicted molar refractivity (Wildman–Crippen MR) is 74.5 cm³/mol. The van der Waals surface area contributed by atoms with E-state index >= 15 is 0 Å². The lowest BCUT2D eigenvalue weighted by Crippen LogP contribution is -2.06. The molecule has 4 heteroatoms. The highest BCUT2D eigenvalue weighted by Gasteiger charge is 2.14. The lowest BCUT2D eigenvalue weighted by atomic mass is 10.1. The quantitative estimate of drug-likeness (QED) is 0.806. The van der Waals surface area contributed by atoms with E-state index in [9.17, 15) is 4.39 Å². The second kappa shape index (κ2) is 6.27. The molecule has 0 spiro atoms. The van der Waals surface area contributed by atoms with Gasteiger partial charge in [0.25, 0.3) is 0 Å². The Morgan fingerprint density at radius 1 is 1.39 bits per heavy atom. The molecule has 2 aromatic rings. The lowest BCUT2D eigenvalue weighted by Gasteiger charge is -2.05. The van der Waals surface area contributed by atoms with E-state index in [2.05, 4.69) is 12.2 Å². The van der Waals surface area contributed by atoms with Gasteiger partial charge in [0, 0.05) is 33.7 Å². The molecule has 1 aromatic carbocycles. The second-order valence-corrected chi connectivity index (χ2v) is 5.34. The van der Waals surface area contributed by atoms with Gasteiger partial charge in [-0.1, -0.05) is 13.0 Å². The van der Waals surface area contributed by atoms with Crippen LogP contribution in [0.15, 0.2) is 18.2 Å². The van der Waals surface area contributed by atoms with Crippen LogP contribution in [0.5, 0.6) is 0 Å². The molecule has 98 valence electrons. The Bertz CT molecular complexity index is 524. The van der Waals surface area contributed by atoms with Crippen molar-refractivity contribution in [2.45, 2.75) is 26.5 Å². The number of ether oxygens (including phenoxy) is 1. The lowest BCUT2D eigenvalue weighted by molar-refractivity contribution is 0.122. The first kappa shape index (κ1) is 13.5. The standard InChI is InChI=1S/C14H18FNOS/c1-3-7-17-9-10-13(8-16-2)18-12-6-4-5-11(15)14(10)12/h4-6,16H,3,7-9H2,1-2H3. The van der Waals surface area contributed by atoms with Crippen LogP contribution in [0.1, 0.15) is 23.8 Å². The van der Waals surface area contributed by atoms with Gasteiger partial charge < -0.3 is 10.1 Å². The Labute approximate surface area is 111 Å². The molecule has 0 saturated carbocycles. The normalized spacial score (nSPS) is 11.3. The smallest absolute Gasteiger partial charge is 0.132 e. The summed E-state index contributed by atoms with van der Waals surface area (Å²) in [6.07, 6.45) is 0.978. The van der Waals surface area contributed by atoms with Gasteiger partial charge in [-0.25, -0.2) is 4.39 Å². The Morgan fingerprint density at radius 2 is 2.22 bits per heavy atom. The molecule has 1 aromatic heterocycles. The summed E-state index contributed by atoms with van der Waals surface area (Å²) < 4.78 is 20.5. The van der Waals surface area contributed by atoms with Gasteiger partial charge in [-0.3, -0.25) is 0 Å². The molecule has 18 heavy (non-hydrogen) atoms. The van der Waals surface area contributed by atoms with E-state index in [0.717, 1.165) is 33.5 Å². The third-order valence-electron chi connectivity index (χ3n) is 2.78. The van der Waals surface area contributed by atoms with E-state index < -0.39 is 0 Å². The molecule has 0 fully saturated rings. The zero-order valence-electron chi connectivity index (χ0n) is 10.8. The number of hydrogen-bond donors (Lipinski definition) is 1. The summed E-state index contributed by atoms with van der Waals surface area (Å²) in [7, 11) is 1.90. The highest BCUT2D eigenvalue weighted by Crippen LogP contribution is 2.33. The van der Waals surface area contributed by atoms with Crippen molar-refractivity contribution in [2.24, 2.45) is 0 Å². The summed E-state index contributed by atoms with van der Waals surface area (Å²) in [6, 6.07) is 5.24. The molecular formula is C14H18FNOS. The van der Waals surface area contributed by atoms with Gasteiger partial charge in [0.15, 0.2) is 0 Å². The summed E-state index contributed by atoms with van der Waals surface area (Å²) in [4.78, 5) is 1.16. The fourth-order valence-electron chi connectivity index (χ4n) is 1.99. The number of benzene rings is 1. The molecule has 1 heterocycles. The number of thiophene rings is 1. The van der Waals surface area contributed by atoms with Crippen molar-refractivity contribution in [2.75, 3.05) is 13.7 Å². The molecule has 0 aliphatic carbocycles. The molecule has 0 bridgehead atoms. The van der Waals surface area contributed by atoms with Crippen molar-refractivity contribution >= 4 is 21.4 Å². The minimum absolute atomic E-state index is 0.152. The van der Waals surface area contributed by atoms with Crippen LogP contribution in [0.25, 0.3) is 10.1 Å². The van der Waals surface area contributed by atoms with Crippen LogP contribution in [-0.4, -0.2) is 13.7 Å². The average Bonchev–Trinajstić information content (AvgIpc) is 2.70. The first-order valence-electron chi connectivity index (χ1n) is 6.19. The zero-order valence-corrected chi connectivity index (χ0v) is 11.6. The van der Waals surface area contributed by atoms with Crippen LogP contribution in [0, 0.1) is 5.82 Å². The minimum Gasteiger partial charge on any atom is -0.377 e. The van der Waals surface area contributed by atoms with Crippen LogP contribution in [0.3, 0.4) is 0 Å². The second-order valence-electron chi connectivity index (χ2n) is 4.20. The van der Waals surface area contributed by atoms with Crippen molar-refractivity contribution in [3.8, 4) is 0 Å².